The average Bonchev–Trinajstić information content (AvgIpc) is 2.71. The molecule has 1 unspecified atom stereocenters. The molecule has 1 atom stereocenters. The van der Waals surface area contributed by atoms with Crippen molar-refractivity contribution in [2.45, 2.75) is 51.4 Å². The summed E-state index contributed by atoms with van der Waals surface area (Å²) in [4.78, 5) is 12.0. The summed E-state index contributed by atoms with van der Waals surface area (Å²) in [5.41, 5.74) is -0.306. The highest BCUT2D eigenvalue weighted by molar-refractivity contribution is 6.69. The van der Waals surface area contributed by atoms with Crippen molar-refractivity contribution >= 4 is 14.3 Å². The van der Waals surface area contributed by atoms with E-state index in [2.05, 4.69) is 19.6 Å². The zero-order valence-electron chi connectivity index (χ0n) is 10.7. The van der Waals surface area contributed by atoms with Crippen molar-refractivity contribution in [3.8, 4) is 0 Å². The third kappa shape index (κ3) is 1.82. The van der Waals surface area contributed by atoms with Gasteiger partial charge in [-0.25, -0.2) is 0 Å². The number of methoxy groups -OCH3 is 1. The van der Waals surface area contributed by atoms with E-state index in [4.69, 9.17) is 9.16 Å². The van der Waals surface area contributed by atoms with Crippen LogP contribution in [0.3, 0.4) is 0 Å². The average molecular weight is 242 g/mol. The van der Waals surface area contributed by atoms with E-state index in [-0.39, 0.29) is 17.5 Å². The first-order valence-corrected chi connectivity index (χ1v) is 9.56. The van der Waals surface area contributed by atoms with Crippen LogP contribution in [0.15, 0.2) is 0 Å². The molecule has 0 spiro atoms. The predicted molar refractivity (Wildman–Crippen MR) is 64.6 cm³/mol. The largest absolute Gasteiger partial charge is 0.469 e. The van der Waals surface area contributed by atoms with Crippen LogP contribution in [0.1, 0.15) is 25.7 Å². The van der Waals surface area contributed by atoms with Crippen LogP contribution in [0, 0.1) is 11.3 Å². The van der Waals surface area contributed by atoms with Crippen molar-refractivity contribution in [1.29, 1.82) is 0 Å². The number of fused-ring (bicyclic) bond motifs is 2. The molecule has 2 saturated carbocycles. The van der Waals surface area contributed by atoms with Gasteiger partial charge in [-0.05, 0) is 51.2 Å². The molecule has 2 fully saturated rings. The SMILES string of the molecule is COC(=O)C12CCC(CC1)C2O[Si](C)(C)C. The van der Waals surface area contributed by atoms with E-state index in [0.717, 1.165) is 25.7 Å². The molecule has 0 aromatic rings. The van der Waals surface area contributed by atoms with Crippen molar-refractivity contribution in [3.63, 3.8) is 0 Å². The van der Waals surface area contributed by atoms with Gasteiger partial charge in [-0.1, -0.05) is 0 Å². The molecule has 0 N–H and O–H groups in total. The first-order chi connectivity index (χ1) is 7.39. The Balaban J connectivity index is 2.21. The van der Waals surface area contributed by atoms with Gasteiger partial charge in [0.05, 0.1) is 18.6 Å². The maximum atomic E-state index is 12.0. The van der Waals surface area contributed by atoms with Crippen molar-refractivity contribution in [1.82, 2.24) is 0 Å². The third-order valence-corrected chi connectivity index (χ3v) is 4.93. The summed E-state index contributed by atoms with van der Waals surface area (Å²) in [6.07, 6.45) is 4.31. The lowest BCUT2D eigenvalue weighted by Gasteiger charge is -2.33. The van der Waals surface area contributed by atoms with Crippen LogP contribution in [0.25, 0.3) is 0 Å². The lowest BCUT2D eigenvalue weighted by molar-refractivity contribution is -0.156. The van der Waals surface area contributed by atoms with Gasteiger partial charge in [-0.15, -0.1) is 0 Å². The maximum Gasteiger partial charge on any atom is 0.314 e. The molecule has 2 rings (SSSR count). The van der Waals surface area contributed by atoms with Gasteiger partial charge in [-0.2, -0.15) is 0 Å². The minimum Gasteiger partial charge on any atom is -0.469 e. The highest BCUT2D eigenvalue weighted by atomic mass is 28.4. The van der Waals surface area contributed by atoms with E-state index in [9.17, 15) is 4.79 Å². The van der Waals surface area contributed by atoms with Crippen LogP contribution in [0.5, 0.6) is 0 Å². The lowest BCUT2D eigenvalue weighted by Crippen LogP contribution is -2.44. The quantitative estimate of drug-likeness (QED) is 0.563. The number of carbonyl (C=O) groups is 1. The summed E-state index contributed by atoms with van der Waals surface area (Å²) in [6, 6.07) is 0. The fourth-order valence-corrected chi connectivity index (χ4v) is 4.49. The molecular formula is C12H22O3Si. The molecule has 92 valence electrons. The monoisotopic (exact) mass is 242 g/mol. The van der Waals surface area contributed by atoms with E-state index in [0.29, 0.717) is 5.92 Å². The molecule has 0 radical (unpaired) electrons. The third-order valence-electron chi connectivity index (χ3n) is 3.97. The molecule has 0 amide bonds. The van der Waals surface area contributed by atoms with Crippen molar-refractivity contribution in [3.05, 3.63) is 0 Å². The first kappa shape index (κ1) is 12.1. The van der Waals surface area contributed by atoms with Crippen LogP contribution in [-0.4, -0.2) is 27.5 Å². The van der Waals surface area contributed by atoms with Crippen LogP contribution < -0.4 is 0 Å². The molecule has 16 heavy (non-hydrogen) atoms. The molecule has 0 saturated heterocycles. The number of hydrogen-bond acceptors (Lipinski definition) is 3. The Morgan fingerprint density at radius 3 is 2.25 bits per heavy atom. The summed E-state index contributed by atoms with van der Waals surface area (Å²) in [5.74, 6) is 0.543. The van der Waals surface area contributed by atoms with E-state index < -0.39 is 8.32 Å². The molecule has 0 heterocycles. The van der Waals surface area contributed by atoms with Gasteiger partial charge in [0.25, 0.3) is 0 Å². The van der Waals surface area contributed by atoms with Crippen LogP contribution in [0.2, 0.25) is 19.6 Å². The van der Waals surface area contributed by atoms with Gasteiger partial charge in [0, 0.05) is 0 Å². The highest BCUT2D eigenvalue weighted by Crippen LogP contribution is 2.56. The molecule has 0 aromatic heterocycles. The van der Waals surface area contributed by atoms with E-state index in [1.807, 2.05) is 0 Å². The minimum absolute atomic E-state index is 0.0456. The maximum absolute atomic E-state index is 12.0. The summed E-state index contributed by atoms with van der Waals surface area (Å²) < 4.78 is 11.2. The van der Waals surface area contributed by atoms with Gasteiger partial charge in [0.2, 0.25) is 0 Å². The Kier molecular flexibility index (Phi) is 2.91. The fraction of sp³-hybridized carbons (Fsp3) is 0.917. The normalized spacial score (nSPS) is 37.8. The number of ether oxygens (including phenoxy) is 1. The van der Waals surface area contributed by atoms with E-state index >= 15 is 0 Å². The Hall–Kier alpha value is -0.353. The number of carbonyl (C=O) groups excluding carboxylic acids is 1. The highest BCUT2D eigenvalue weighted by Gasteiger charge is 2.60. The summed E-state index contributed by atoms with van der Waals surface area (Å²) >= 11 is 0. The second kappa shape index (κ2) is 3.84. The van der Waals surface area contributed by atoms with Crippen LogP contribution in [0.4, 0.5) is 0 Å². The van der Waals surface area contributed by atoms with Crippen molar-refractivity contribution in [2.24, 2.45) is 11.3 Å². The topological polar surface area (TPSA) is 35.5 Å². The predicted octanol–water partition coefficient (Wildman–Crippen LogP) is 2.57. The van der Waals surface area contributed by atoms with E-state index in [1.54, 1.807) is 0 Å². The zero-order valence-corrected chi connectivity index (χ0v) is 11.7. The Bertz CT molecular complexity index is 287. The lowest BCUT2D eigenvalue weighted by atomic mass is 9.83. The van der Waals surface area contributed by atoms with E-state index in [1.165, 1.54) is 7.11 Å². The van der Waals surface area contributed by atoms with Gasteiger partial charge in [0.15, 0.2) is 8.32 Å². The standard InChI is InChI=1S/C12H22O3Si/c1-14-11(13)12-7-5-9(6-8-12)10(12)15-16(2,3)4/h9-10H,5-8H2,1-4H3. The molecule has 2 bridgehead atoms. The van der Waals surface area contributed by atoms with Gasteiger partial charge in [-0.3, -0.25) is 4.79 Å². The number of rotatable bonds is 3. The molecule has 2 aliphatic carbocycles. The van der Waals surface area contributed by atoms with Gasteiger partial charge >= 0.3 is 5.97 Å². The molecule has 3 nitrogen and oxygen atoms in total. The summed E-state index contributed by atoms with van der Waals surface area (Å²) in [5, 5.41) is 0. The molecule has 0 aliphatic heterocycles. The first-order valence-electron chi connectivity index (χ1n) is 6.15. The zero-order chi connectivity index (χ0) is 12.0. The molecule has 0 aromatic carbocycles. The second-order valence-electron chi connectivity index (χ2n) is 6.14. The number of esters is 1. The van der Waals surface area contributed by atoms with Crippen LogP contribution >= 0.6 is 0 Å². The Morgan fingerprint density at radius 1 is 1.25 bits per heavy atom. The Morgan fingerprint density at radius 2 is 1.81 bits per heavy atom. The molecular weight excluding hydrogens is 220 g/mol. The summed E-state index contributed by atoms with van der Waals surface area (Å²) in [6.45, 7) is 6.57. The van der Waals surface area contributed by atoms with Crippen molar-refractivity contribution < 1.29 is 14.0 Å². The minimum atomic E-state index is -1.58. The summed E-state index contributed by atoms with van der Waals surface area (Å²) in [7, 11) is -0.0849. The smallest absolute Gasteiger partial charge is 0.314 e. The number of hydrogen-bond donors (Lipinski definition) is 0. The second-order valence-corrected chi connectivity index (χ2v) is 10.6. The molecule has 4 heteroatoms. The fourth-order valence-electron chi connectivity index (χ4n) is 3.31. The molecule has 2 aliphatic rings. The van der Waals surface area contributed by atoms with Crippen molar-refractivity contribution in [2.75, 3.05) is 7.11 Å². The van der Waals surface area contributed by atoms with Crippen LogP contribution in [-0.2, 0) is 14.0 Å². The Labute approximate surface area is 98.6 Å². The van der Waals surface area contributed by atoms with Gasteiger partial charge in [0.1, 0.15) is 0 Å². The van der Waals surface area contributed by atoms with Gasteiger partial charge < -0.3 is 9.16 Å².